The number of halogens is 1. The van der Waals surface area contributed by atoms with E-state index in [4.69, 9.17) is 4.74 Å². The van der Waals surface area contributed by atoms with Crippen molar-refractivity contribution in [2.45, 2.75) is 65.2 Å². The molecule has 0 radical (unpaired) electrons. The number of carboxylic acid groups (broad SMARTS) is 1. The van der Waals surface area contributed by atoms with Crippen LogP contribution in [0.4, 0.5) is 26.3 Å². The average Bonchev–Trinajstić information content (AvgIpc) is 3.65. The molecule has 0 atom stereocenters. The zero-order chi connectivity index (χ0) is 31.3. The van der Waals surface area contributed by atoms with Crippen molar-refractivity contribution >= 4 is 60.8 Å². The van der Waals surface area contributed by atoms with Crippen LogP contribution < -0.4 is 15.0 Å². The van der Waals surface area contributed by atoms with E-state index in [0.29, 0.717) is 41.0 Å². The maximum atomic E-state index is 14.6. The topological polar surface area (TPSA) is 113 Å². The van der Waals surface area contributed by atoms with Gasteiger partial charge >= 0.3 is 5.97 Å². The molecule has 45 heavy (non-hydrogen) atoms. The second-order valence-electron chi connectivity index (χ2n) is 11.1. The smallest absolute Gasteiger partial charge is 0.355 e. The molecule has 3 aromatic heterocycles. The van der Waals surface area contributed by atoms with Crippen molar-refractivity contribution in [2.75, 3.05) is 23.4 Å². The molecule has 9 nitrogen and oxygen atoms in total. The van der Waals surface area contributed by atoms with Crippen molar-refractivity contribution in [1.82, 2.24) is 20.2 Å². The summed E-state index contributed by atoms with van der Waals surface area (Å²) in [7, 11) is 0. The molecule has 5 aromatic rings. The summed E-state index contributed by atoms with van der Waals surface area (Å²) in [6, 6.07) is 13.1. The number of carbonyl (C=O) groups is 1. The molecule has 234 valence electrons. The highest BCUT2D eigenvalue weighted by Gasteiger charge is 2.28. The molecule has 6 rings (SSSR count). The number of aromatic carboxylic acids is 1. The lowest BCUT2D eigenvalue weighted by Crippen LogP contribution is -2.27. The molecule has 0 aliphatic carbocycles. The van der Waals surface area contributed by atoms with E-state index in [1.165, 1.54) is 11.3 Å². The van der Waals surface area contributed by atoms with Gasteiger partial charge in [0.1, 0.15) is 0 Å². The van der Waals surface area contributed by atoms with Gasteiger partial charge in [-0.25, -0.2) is 19.2 Å². The average molecular weight is 647 g/mol. The number of hydrogen-bond donors (Lipinski definition) is 2. The number of anilines is 4. The van der Waals surface area contributed by atoms with Crippen molar-refractivity contribution in [3.8, 4) is 5.75 Å². The van der Waals surface area contributed by atoms with Gasteiger partial charge in [-0.15, -0.1) is 21.5 Å². The molecule has 0 saturated carbocycles. The minimum Gasteiger partial charge on any atom is -0.491 e. The van der Waals surface area contributed by atoms with Crippen LogP contribution in [0.25, 0.3) is 10.2 Å². The first-order valence-corrected chi connectivity index (χ1v) is 16.9. The maximum absolute atomic E-state index is 14.6. The van der Waals surface area contributed by atoms with E-state index in [2.05, 4.69) is 32.4 Å². The number of thiazole rings is 2. The van der Waals surface area contributed by atoms with Gasteiger partial charge in [-0.05, 0) is 75.3 Å². The van der Waals surface area contributed by atoms with Gasteiger partial charge in [0.05, 0.1) is 16.8 Å². The Kier molecular flexibility index (Phi) is 9.50. The molecular formula is C33H35FN6O3S2. The van der Waals surface area contributed by atoms with Crippen molar-refractivity contribution < 1.29 is 19.0 Å². The first-order valence-electron chi connectivity index (χ1n) is 15.3. The molecule has 0 spiro atoms. The molecular weight excluding hydrogens is 612 g/mol. The Morgan fingerprint density at radius 3 is 2.76 bits per heavy atom. The monoisotopic (exact) mass is 646 g/mol. The van der Waals surface area contributed by atoms with Gasteiger partial charge in [-0.1, -0.05) is 49.3 Å². The first kappa shape index (κ1) is 30.8. The third-order valence-corrected chi connectivity index (χ3v) is 9.99. The lowest BCUT2D eigenvalue weighted by atomic mass is 10.0. The number of para-hydroxylation sites is 1. The SMILES string of the molecule is CCCCCc1ccc(OCCCc2sc(N3CCCc4c3nnc(Nc3nc5ccccc5s3)c4C)nc2C(=O)O)c(F)c1. The number of carboxylic acids is 1. The van der Waals surface area contributed by atoms with E-state index in [-0.39, 0.29) is 23.9 Å². The summed E-state index contributed by atoms with van der Waals surface area (Å²) in [5, 5.41) is 23.7. The standard InChI is InChI=1S/C33H35FN6O3S2/c1-3-4-5-10-21-15-16-25(23(34)19-21)43-18-9-14-27-28(31(41)42)36-33(45-27)40-17-8-11-22-20(2)29(38-39-30(22)40)37-32-35-24-12-6-7-13-26(24)44-32/h6-7,12-13,15-16,19H,3-5,8-11,14,17-18H2,1-2H3,(H,41,42)(H,35,37,38). The fourth-order valence-electron chi connectivity index (χ4n) is 5.51. The Morgan fingerprint density at radius 2 is 1.96 bits per heavy atom. The van der Waals surface area contributed by atoms with Crippen molar-refractivity contribution in [1.29, 1.82) is 0 Å². The minimum atomic E-state index is -1.08. The maximum Gasteiger partial charge on any atom is 0.355 e. The summed E-state index contributed by atoms with van der Waals surface area (Å²) in [6.07, 6.45) is 6.82. The fraction of sp³-hybridized carbons (Fsp3) is 0.364. The van der Waals surface area contributed by atoms with Gasteiger partial charge in [0.15, 0.2) is 39.2 Å². The van der Waals surface area contributed by atoms with E-state index in [0.717, 1.165) is 70.6 Å². The van der Waals surface area contributed by atoms with Crippen LogP contribution in [0.5, 0.6) is 5.75 Å². The van der Waals surface area contributed by atoms with Gasteiger partial charge in [-0.2, -0.15) is 0 Å². The Labute approximate surface area is 269 Å². The van der Waals surface area contributed by atoms with Crippen LogP contribution in [0, 0.1) is 12.7 Å². The molecule has 1 aliphatic rings. The van der Waals surface area contributed by atoms with E-state index in [1.807, 2.05) is 42.2 Å². The van der Waals surface area contributed by atoms with Gasteiger partial charge in [0.2, 0.25) is 0 Å². The molecule has 0 amide bonds. The number of hydrogen-bond acceptors (Lipinski definition) is 10. The Bertz CT molecular complexity index is 1790. The molecule has 12 heteroatoms. The summed E-state index contributed by atoms with van der Waals surface area (Å²) >= 11 is 2.91. The Hall–Kier alpha value is -4.16. The summed E-state index contributed by atoms with van der Waals surface area (Å²) in [5.41, 5.74) is 3.97. The van der Waals surface area contributed by atoms with Crippen LogP contribution in [0.3, 0.4) is 0 Å². The molecule has 4 heterocycles. The van der Waals surface area contributed by atoms with Gasteiger partial charge in [0.25, 0.3) is 0 Å². The van der Waals surface area contributed by atoms with Crippen LogP contribution >= 0.6 is 22.7 Å². The Balaban J connectivity index is 1.13. The summed E-state index contributed by atoms with van der Waals surface area (Å²) in [5.74, 6) is 0.126. The molecule has 0 unspecified atom stereocenters. The van der Waals surface area contributed by atoms with Crippen LogP contribution in [0.15, 0.2) is 42.5 Å². The third kappa shape index (κ3) is 6.91. The van der Waals surface area contributed by atoms with Gasteiger partial charge in [-0.3, -0.25) is 0 Å². The van der Waals surface area contributed by atoms with Gasteiger partial charge < -0.3 is 20.1 Å². The van der Waals surface area contributed by atoms with E-state index < -0.39 is 5.97 Å². The number of nitrogens with one attached hydrogen (secondary N) is 1. The van der Waals surface area contributed by atoms with Crippen LogP contribution in [0.2, 0.25) is 0 Å². The second-order valence-corrected chi connectivity index (χ2v) is 13.2. The number of aryl methyl sites for hydroxylation is 2. The summed E-state index contributed by atoms with van der Waals surface area (Å²) in [4.78, 5) is 23.9. The highest BCUT2D eigenvalue weighted by Crippen LogP contribution is 2.39. The van der Waals surface area contributed by atoms with E-state index >= 15 is 0 Å². The van der Waals surface area contributed by atoms with Crippen LogP contribution in [0.1, 0.15) is 71.1 Å². The molecule has 0 fully saturated rings. The van der Waals surface area contributed by atoms with Crippen LogP contribution in [-0.4, -0.2) is 44.4 Å². The molecule has 2 aromatic carbocycles. The number of aromatic nitrogens is 4. The predicted molar refractivity (Wildman–Crippen MR) is 178 cm³/mol. The van der Waals surface area contributed by atoms with Gasteiger partial charge in [0, 0.05) is 22.5 Å². The lowest BCUT2D eigenvalue weighted by Gasteiger charge is -2.28. The second kappa shape index (κ2) is 13.9. The lowest BCUT2D eigenvalue weighted by molar-refractivity contribution is 0.0690. The summed E-state index contributed by atoms with van der Waals surface area (Å²) in [6.45, 7) is 5.09. The highest BCUT2D eigenvalue weighted by molar-refractivity contribution is 7.22. The quantitative estimate of drug-likeness (QED) is 0.122. The number of unbranched alkanes of at least 4 members (excludes halogenated alkanes) is 2. The minimum absolute atomic E-state index is 0.0311. The normalized spacial score (nSPS) is 12.8. The first-order chi connectivity index (χ1) is 21.9. The third-order valence-electron chi connectivity index (χ3n) is 7.90. The summed E-state index contributed by atoms with van der Waals surface area (Å²) < 4.78 is 21.4. The zero-order valence-corrected chi connectivity index (χ0v) is 26.9. The number of fused-ring (bicyclic) bond motifs is 2. The van der Waals surface area contributed by atoms with Crippen molar-refractivity contribution in [3.05, 3.63) is 75.5 Å². The van der Waals surface area contributed by atoms with Crippen molar-refractivity contribution in [2.24, 2.45) is 0 Å². The van der Waals surface area contributed by atoms with E-state index in [1.54, 1.807) is 23.5 Å². The number of rotatable bonds is 13. The highest BCUT2D eigenvalue weighted by atomic mass is 32.1. The van der Waals surface area contributed by atoms with Crippen molar-refractivity contribution in [3.63, 3.8) is 0 Å². The number of nitrogens with zero attached hydrogens (tertiary/aromatic N) is 5. The largest absolute Gasteiger partial charge is 0.491 e. The van der Waals surface area contributed by atoms with Crippen LogP contribution in [-0.2, 0) is 19.3 Å². The number of benzene rings is 2. The fourth-order valence-corrected chi connectivity index (χ4v) is 7.50. The zero-order valence-electron chi connectivity index (χ0n) is 25.3. The number of ether oxygens (including phenoxy) is 1. The predicted octanol–water partition coefficient (Wildman–Crippen LogP) is 8.26. The van der Waals surface area contributed by atoms with E-state index in [9.17, 15) is 14.3 Å². The molecule has 1 aliphatic heterocycles. The Morgan fingerprint density at radius 1 is 1.09 bits per heavy atom. The molecule has 0 saturated heterocycles. The molecule has 2 N–H and O–H groups in total. The molecule has 0 bridgehead atoms.